The Hall–Kier alpha value is -1.60. The van der Waals surface area contributed by atoms with E-state index in [-0.39, 0.29) is 28.3 Å². The number of ether oxygens (including phenoxy) is 1. The number of carbonyl (C=O) groups is 1. The highest BCUT2D eigenvalue weighted by Gasteiger charge is 2.20. The maximum atomic E-state index is 12.4. The van der Waals surface area contributed by atoms with E-state index in [1.165, 1.54) is 25.3 Å². The zero-order valence-corrected chi connectivity index (χ0v) is 13.5. The summed E-state index contributed by atoms with van der Waals surface area (Å²) in [5.41, 5.74) is 0.156. The molecule has 0 saturated carbocycles. The minimum atomic E-state index is -3.87. The summed E-state index contributed by atoms with van der Waals surface area (Å²) in [5.74, 6) is 0.197. The van der Waals surface area contributed by atoms with Crippen LogP contribution in [-0.2, 0) is 10.0 Å². The minimum Gasteiger partial charge on any atom is -0.496 e. The highest BCUT2D eigenvalue weighted by Crippen LogP contribution is 2.22. The third kappa shape index (κ3) is 4.44. The quantitative estimate of drug-likeness (QED) is 0.831. The van der Waals surface area contributed by atoms with Crippen molar-refractivity contribution in [3.63, 3.8) is 0 Å². The fourth-order valence-corrected chi connectivity index (χ4v) is 2.57. The van der Waals surface area contributed by atoms with Crippen LogP contribution in [0, 0.1) is 5.92 Å². The van der Waals surface area contributed by atoms with E-state index in [0.29, 0.717) is 5.75 Å². The second kappa shape index (κ2) is 6.91. The smallest absolute Gasteiger partial charge is 0.255 e. The van der Waals surface area contributed by atoms with Crippen molar-refractivity contribution < 1.29 is 17.9 Å². The van der Waals surface area contributed by atoms with Crippen LogP contribution in [-0.4, -0.2) is 27.5 Å². The number of benzene rings is 1. The van der Waals surface area contributed by atoms with Gasteiger partial charge in [-0.25, -0.2) is 13.6 Å². The molecule has 0 fully saturated rings. The van der Waals surface area contributed by atoms with Crippen LogP contribution < -0.4 is 15.2 Å². The molecule has 0 bridgehead atoms. The van der Waals surface area contributed by atoms with Gasteiger partial charge in [0.1, 0.15) is 5.75 Å². The maximum Gasteiger partial charge on any atom is 0.255 e. The van der Waals surface area contributed by atoms with Crippen LogP contribution in [0.2, 0.25) is 0 Å². The Morgan fingerprint density at radius 3 is 2.43 bits per heavy atom. The van der Waals surface area contributed by atoms with Crippen LogP contribution in [0.15, 0.2) is 23.1 Å². The summed E-state index contributed by atoms with van der Waals surface area (Å²) in [6.45, 7) is 5.99. The molecule has 0 heterocycles. The Bertz CT molecular complexity index is 611. The van der Waals surface area contributed by atoms with Gasteiger partial charge >= 0.3 is 0 Å². The molecule has 1 amide bonds. The summed E-state index contributed by atoms with van der Waals surface area (Å²) in [6.07, 6.45) is 0.778. The third-order valence-corrected chi connectivity index (χ3v) is 4.22. The van der Waals surface area contributed by atoms with Crippen molar-refractivity contribution in [2.75, 3.05) is 7.11 Å². The molecule has 0 radical (unpaired) electrons. The zero-order chi connectivity index (χ0) is 16.2. The highest BCUT2D eigenvalue weighted by atomic mass is 32.2. The molecular weight excluding hydrogens is 292 g/mol. The van der Waals surface area contributed by atoms with Crippen molar-refractivity contribution in [1.82, 2.24) is 5.32 Å². The monoisotopic (exact) mass is 314 g/mol. The summed E-state index contributed by atoms with van der Waals surface area (Å²) in [4.78, 5) is 12.2. The van der Waals surface area contributed by atoms with Crippen LogP contribution in [0.5, 0.6) is 5.75 Å². The minimum absolute atomic E-state index is 0.000320. The number of hydrogen-bond donors (Lipinski definition) is 2. The molecular formula is C14H22N2O4S. The lowest BCUT2D eigenvalue weighted by molar-refractivity contribution is 0.0921. The molecule has 0 aliphatic carbocycles. The van der Waals surface area contributed by atoms with Crippen molar-refractivity contribution in [3.05, 3.63) is 23.8 Å². The first-order valence-corrected chi connectivity index (χ1v) is 8.27. The molecule has 21 heavy (non-hydrogen) atoms. The van der Waals surface area contributed by atoms with Crippen molar-refractivity contribution in [3.8, 4) is 5.75 Å². The van der Waals surface area contributed by atoms with Gasteiger partial charge in [-0.1, -0.05) is 20.8 Å². The predicted octanol–water partition coefficient (Wildman–Crippen LogP) is 1.51. The standard InChI is InChI=1S/C14H22N2O4S/c1-5-12(9(2)3)16-14(17)11-8-10(21(15,18)19)6-7-13(11)20-4/h6-9,12H,5H2,1-4H3,(H,16,17)(H2,15,18,19). The highest BCUT2D eigenvalue weighted by molar-refractivity contribution is 7.89. The molecule has 1 rings (SSSR count). The van der Waals surface area contributed by atoms with Crippen LogP contribution in [0.1, 0.15) is 37.6 Å². The summed E-state index contributed by atoms with van der Waals surface area (Å²) in [5, 5.41) is 7.97. The van der Waals surface area contributed by atoms with Gasteiger partial charge in [0.15, 0.2) is 0 Å². The Kier molecular flexibility index (Phi) is 5.74. The molecule has 0 aliphatic heterocycles. The van der Waals surface area contributed by atoms with Gasteiger partial charge in [0.05, 0.1) is 17.6 Å². The number of methoxy groups -OCH3 is 1. The van der Waals surface area contributed by atoms with Crippen molar-refractivity contribution in [2.45, 2.75) is 38.1 Å². The second-order valence-electron chi connectivity index (χ2n) is 5.14. The molecule has 0 saturated heterocycles. The van der Waals surface area contributed by atoms with E-state index in [1.807, 2.05) is 20.8 Å². The zero-order valence-electron chi connectivity index (χ0n) is 12.7. The molecule has 3 N–H and O–H groups in total. The lowest BCUT2D eigenvalue weighted by Crippen LogP contribution is -2.38. The average molecular weight is 314 g/mol. The van der Waals surface area contributed by atoms with Crippen molar-refractivity contribution in [2.24, 2.45) is 11.1 Å². The Labute approximate surface area is 125 Å². The first-order valence-electron chi connectivity index (χ1n) is 6.72. The number of rotatable bonds is 6. The summed E-state index contributed by atoms with van der Waals surface area (Å²) in [6, 6.07) is 3.96. The first kappa shape index (κ1) is 17.5. The normalized spacial score (nSPS) is 13.0. The average Bonchev–Trinajstić information content (AvgIpc) is 2.42. The van der Waals surface area contributed by atoms with E-state index in [4.69, 9.17) is 9.88 Å². The van der Waals surface area contributed by atoms with E-state index in [2.05, 4.69) is 5.32 Å². The van der Waals surface area contributed by atoms with Gasteiger partial charge in [-0.05, 0) is 30.5 Å². The van der Waals surface area contributed by atoms with Crippen LogP contribution in [0.25, 0.3) is 0 Å². The molecule has 1 unspecified atom stereocenters. The fourth-order valence-electron chi connectivity index (χ4n) is 2.03. The SMILES string of the molecule is CCC(NC(=O)c1cc(S(N)(=O)=O)ccc1OC)C(C)C. The van der Waals surface area contributed by atoms with Gasteiger partial charge in [0, 0.05) is 6.04 Å². The topological polar surface area (TPSA) is 98.5 Å². The number of sulfonamides is 1. The molecule has 0 aliphatic rings. The number of amides is 1. The number of nitrogens with one attached hydrogen (secondary N) is 1. The molecule has 1 aromatic rings. The van der Waals surface area contributed by atoms with Crippen LogP contribution in [0.3, 0.4) is 0 Å². The molecule has 6 nitrogen and oxygen atoms in total. The van der Waals surface area contributed by atoms with E-state index in [0.717, 1.165) is 6.42 Å². The number of primary sulfonamides is 1. The molecule has 0 spiro atoms. The second-order valence-corrected chi connectivity index (χ2v) is 6.70. The third-order valence-electron chi connectivity index (χ3n) is 3.31. The van der Waals surface area contributed by atoms with Gasteiger partial charge in [-0.3, -0.25) is 4.79 Å². The lowest BCUT2D eigenvalue weighted by Gasteiger charge is -2.21. The summed E-state index contributed by atoms with van der Waals surface area (Å²) >= 11 is 0. The Morgan fingerprint density at radius 1 is 1.38 bits per heavy atom. The van der Waals surface area contributed by atoms with Gasteiger partial charge in [0.25, 0.3) is 5.91 Å². The first-order chi connectivity index (χ1) is 9.70. The van der Waals surface area contributed by atoms with E-state index < -0.39 is 10.0 Å². The van der Waals surface area contributed by atoms with Gasteiger partial charge in [-0.15, -0.1) is 0 Å². The molecule has 7 heteroatoms. The van der Waals surface area contributed by atoms with E-state index >= 15 is 0 Å². The van der Waals surface area contributed by atoms with Crippen molar-refractivity contribution in [1.29, 1.82) is 0 Å². The number of carbonyl (C=O) groups excluding carboxylic acids is 1. The van der Waals surface area contributed by atoms with E-state index in [9.17, 15) is 13.2 Å². The molecule has 118 valence electrons. The molecule has 1 aromatic carbocycles. The number of nitrogens with two attached hydrogens (primary N) is 1. The lowest BCUT2D eigenvalue weighted by atomic mass is 10.0. The molecule has 1 atom stereocenters. The molecule has 0 aromatic heterocycles. The fraction of sp³-hybridized carbons (Fsp3) is 0.500. The largest absolute Gasteiger partial charge is 0.496 e. The Balaban J connectivity index is 3.18. The van der Waals surface area contributed by atoms with E-state index in [1.54, 1.807) is 0 Å². The van der Waals surface area contributed by atoms with Crippen molar-refractivity contribution >= 4 is 15.9 Å². The van der Waals surface area contributed by atoms with Crippen LogP contribution >= 0.6 is 0 Å². The van der Waals surface area contributed by atoms with Crippen LogP contribution in [0.4, 0.5) is 0 Å². The van der Waals surface area contributed by atoms with Gasteiger partial charge < -0.3 is 10.1 Å². The predicted molar refractivity (Wildman–Crippen MR) is 80.8 cm³/mol. The summed E-state index contributed by atoms with van der Waals surface area (Å²) < 4.78 is 27.9. The summed E-state index contributed by atoms with van der Waals surface area (Å²) in [7, 11) is -2.45. The maximum absolute atomic E-state index is 12.4. The Morgan fingerprint density at radius 2 is 2.00 bits per heavy atom. The number of hydrogen-bond acceptors (Lipinski definition) is 4. The van der Waals surface area contributed by atoms with Gasteiger partial charge in [0.2, 0.25) is 10.0 Å². The van der Waals surface area contributed by atoms with Gasteiger partial charge in [-0.2, -0.15) is 0 Å².